The van der Waals surface area contributed by atoms with Crippen LogP contribution in [-0.2, 0) is 18.4 Å². The lowest BCUT2D eigenvalue weighted by Crippen LogP contribution is -2.37. The third-order valence-corrected chi connectivity index (χ3v) is 5.75. The summed E-state index contributed by atoms with van der Waals surface area (Å²) >= 11 is 0. The van der Waals surface area contributed by atoms with E-state index in [1.54, 1.807) is 11.1 Å². The molecule has 3 heteroatoms. The summed E-state index contributed by atoms with van der Waals surface area (Å²) in [5, 5.41) is 0. The molecule has 0 saturated heterocycles. The third kappa shape index (κ3) is 3.56. The van der Waals surface area contributed by atoms with E-state index in [1.807, 2.05) is 0 Å². The Hall–Kier alpha value is -1.22. The van der Waals surface area contributed by atoms with E-state index in [9.17, 15) is 0 Å². The summed E-state index contributed by atoms with van der Waals surface area (Å²) in [6.07, 6.45) is 7.06. The van der Waals surface area contributed by atoms with Gasteiger partial charge in [0.2, 0.25) is 0 Å². The molecule has 0 aromatic carbocycles. The monoisotopic (exact) mass is 327 g/mol. The van der Waals surface area contributed by atoms with Crippen LogP contribution in [0.5, 0.6) is 0 Å². The van der Waals surface area contributed by atoms with Gasteiger partial charge >= 0.3 is 0 Å². The fourth-order valence-corrected chi connectivity index (χ4v) is 4.12. The number of allylic oxidation sites excluding steroid dienone is 1. The molecule has 0 bridgehead atoms. The highest BCUT2D eigenvalue weighted by Gasteiger charge is 2.31. The van der Waals surface area contributed by atoms with Gasteiger partial charge in [-0.25, -0.2) is 9.97 Å². The van der Waals surface area contributed by atoms with Crippen molar-refractivity contribution in [2.45, 2.75) is 79.2 Å². The molecule has 0 amide bonds. The maximum Gasteiger partial charge on any atom is 0.133 e. The summed E-state index contributed by atoms with van der Waals surface area (Å²) in [5.41, 5.74) is 6.26. The molecule has 1 aliphatic carbocycles. The number of rotatable bonds is 2. The van der Waals surface area contributed by atoms with E-state index in [-0.39, 0.29) is 5.41 Å². The molecule has 0 spiro atoms. The molecule has 24 heavy (non-hydrogen) atoms. The van der Waals surface area contributed by atoms with Gasteiger partial charge in [0.15, 0.2) is 0 Å². The molecule has 0 saturated carbocycles. The normalized spacial score (nSPS) is 21.8. The van der Waals surface area contributed by atoms with E-state index in [1.165, 1.54) is 30.5 Å². The number of hydrogen-bond acceptors (Lipinski definition) is 3. The molecular formula is C21H33N3. The SMILES string of the molecule is CC1=C(CN2CCc3nc(C(C)(C)C)ncc3C2)C(C)(C)CCC1. The van der Waals surface area contributed by atoms with Crippen molar-refractivity contribution in [3.63, 3.8) is 0 Å². The summed E-state index contributed by atoms with van der Waals surface area (Å²) in [4.78, 5) is 12.1. The molecule has 3 nitrogen and oxygen atoms in total. The molecule has 1 aliphatic heterocycles. The van der Waals surface area contributed by atoms with Crippen LogP contribution >= 0.6 is 0 Å². The first-order valence-corrected chi connectivity index (χ1v) is 9.43. The van der Waals surface area contributed by atoms with Gasteiger partial charge in [-0.15, -0.1) is 0 Å². The van der Waals surface area contributed by atoms with E-state index in [0.717, 1.165) is 31.9 Å². The van der Waals surface area contributed by atoms with Gasteiger partial charge in [0.1, 0.15) is 5.82 Å². The molecule has 0 radical (unpaired) electrons. The molecule has 0 unspecified atom stereocenters. The molecule has 0 fully saturated rings. The van der Waals surface area contributed by atoms with Crippen LogP contribution in [0.3, 0.4) is 0 Å². The van der Waals surface area contributed by atoms with Crippen molar-refractivity contribution in [3.05, 3.63) is 34.4 Å². The maximum absolute atomic E-state index is 4.86. The first-order chi connectivity index (χ1) is 11.2. The van der Waals surface area contributed by atoms with Gasteiger partial charge in [-0.05, 0) is 31.6 Å². The first-order valence-electron chi connectivity index (χ1n) is 9.43. The van der Waals surface area contributed by atoms with Gasteiger partial charge in [-0.2, -0.15) is 0 Å². The minimum atomic E-state index is 0.0280. The number of hydrogen-bond donors (Lipinski definition) is 0. The Morgan fingerprint density at radius 1 is 1.21 bits per heavy atom. The highest BCUT2D eigenvalue weighted by molar-refractivity contribution is 5.26. The fourth-order valence-electron chi connectivity index (χ4n) is 4.12. The Kier molecular flexibility index (Phi) is 4.59. The molecule has 0 N–H and O–H groups in total. The first kappa shape index (κ1) is 17.6. The van der Waals surface area contributed by atoms with Crippen molar-refractivity contribution in [1.29, 1.82) is 0 Å². The fraction of sp³-hybridized carbons (Fsp3) is 0.714. The van der Waals surface area contributed by atoms with E-state index in [4.69, 9.17) is 4.98 Å². The minimum Gasteiger partial charge on any atom is -0.295 e. The lowest BCUT2D eigenvalue weighted by Gasteiger charge is -2.38. The van der Waals surface area contributed by atoms with Crippen LogP contribution in [0.15, 0.2) is 17.3 Å². The van der Waals surface area contributed by atoms with E-state index < -0.39 is 0 Å². The van der Waals surface area contributed by atoms with Gasteiger partial charge in [0, 0.05) is 48.9 Å². The number of fused-ring (bicyclic) bond motifs is 1. The van der Waals surface area contributed by atoms with E-state index in [0.29, 0.717) is 5.41 Å². The molecule has 2 heterocycles. The zero-order valence-electron chi connectivity index (χ0n) is 16.4. The molecular weight excluding hydrogens is 294 g/mol. The Balaban J connectivity index is 1.76. The van der Waals surface area contributed by atoms with Crippen LogP contribution in [0, 0.1) is 5.41 Å². The third-order valence-electron chi connectivity index (χ3n) is 5.75. The topological polar surface area (TPSA) is 29.0 Å². The largest absolute Gasteiger partial charge is 0.295 e. The Bertz CT molecular complexity index is 650. The Labute approximate surface area is 147 Å². The van der Waals surface area contributed by atoms with Crippen molar-refractivity contribution in [3.8, 4) is 0 Å². The van der Waals surface area contributed by atoms with Crippen LogP contribution in [-0.4, -0.2) is 28.0 Å². The van der Waals surface area contributed by atoms with Crippen LogP contribution in [0.25, 0.3) is 0 Å². The molecule has 0 atom stereocenters. The van der Waals surface area contributed by atoms with Crippen LogP contribution in [0.1, 0.15) is 77.9 Å². The lowest BCUT2D eigenvalue weighted by molar-refractivity contribution is 0.238. The standard InChI is InChI=1S/C21H33N3/c1-15-8-7-10-21(5,6)17(15)14-24-11-9-18-16(13-24)12-22-19(23-18)20(2,3)4/h12H,7-11,13-14H2,1-6H3. The lowest BCUT2D eigenvalue weighted by atomic mass is 9.72. The van der Waals surface area contributed by atoms with Crippen molar-refractivity contribution >= 4 is 0 Å². The highest BCUT2D eigenvalue weighted by Crippen LogP contribution is 2.40. The van der Waals surface area contributed by atoms with Gasteiger partial charge in [0.25, 0.3) is 0 Å². The van der Waals surface area contributed by atoms with E-state index >= 15 is 0 Å². The summed E-state index contributed by atoms with van der Waals surface area (Å²) in [6, 6.07) is 0. The minimum absolute atomic E-state index is 0.0280. The second kappa shape index (κ2) is 6.25. The predicted octanol–water partition coefficient (Wildman–Crippen LogP) is 4.66. The molecule has 3 rings (SSSR count). The molecule has 2 aliphatic rings. The highest BCUT2D eigenvalue weighted by atomic mass is 15.1. The smallest absolute Gasteiger partial charge is 0.133 e. The van der Waals surface area contributed by atoms with Crippen LogP contribution < -0.4 is 0 Å². The van der Waals surface area contributed by atoms with Gasteiger partial charge in [0.05, 0.1) is 0 Å². The zero-order valence-corrected chi connectivity index (χ0v) is 16.4. The number of nitrogens with zero attached hydrogens (tertiary/aromatic N) is 3. The summed E-state index contributed by atoms with van der Waals surface area (Å²) in [6.45, 7) is 16.9. The molecule has 132 valence electrons. The quantitative estimate of drug-likeness (QED) is 0.740. The predicted molar refractivity (Wildman–Crippen MR) is 100 cm³/mol. The second-order valence-electron chi connectivity index (χ2n) is 9.37. The zero-order chi connectivity index (χ0) is 17.5. The maximum atomic E-state index is 4.86. The Morgan fingerprint density at radius 3 is 2.62 bits per heavy atom. The number of aromatic nitrogens is 2. The van der Waals surface area contributed by atoms with Gasteiger partial charge < -0.3 is 0 Å². The van der Waals surface area contributed by atoms with Crippen LogP contribution in [0.2, 0.25) is 0 Å². The average Bonchev–Trinajstić information content (AvgIpc) is 2.49. The van der Waals surface area contributed by atoms with Crippen molar-refractivity contribution < 1.29 is 0 Å². The Morgan fingerprint density at radius 2 is 1.96 bits per heavy atom. The summed E-state index contributed by atoms with van der Waals surface area (Å²) < 4.78 is 0. The van der Waals surface area contributed by atoms with Crippen molar-refractivity contribution in [2.24, 2.45) is 5.41 Å². The molecule has 1 aromatic rings. The van der Waals surface area contributed by atoms with Crippen LogP contribution in [0.4, 0.5) is 0 Å². The average molecular weight is 328 g/mol. The summed E-state index contributed by atoms with van der Waals surface area (Å²) in [7, 11) is 0. The van der Waals surface area contributed by atoms with Gasteiger partial charge in [-0.1, -0.05) is 45.8 Å². The summed E-state index contributed by atoms with van der Waals surface area (Å²) in [5.74, 6) is 0.974. The van der Waals surface area contributed by atoms with Gasteiger partial charge in [-0.3, -0.25) is 4.90 Å². The van der Waals surface area contributed by atoms with Crippen molar-refractivity contribution in [1.82, 2.24) is 14.9 Å². The van der Waals surface area contributed by atoms with Crippen molar-refractivity contribution in [2.75, 3.05) is 13.1 Å². The van der Waals surface area contributed by atoms with E-state index in [2.05, 4.69) is 57.6 Å². The molecule has 1 aromatic heterocycles. The second-order valence-corrected chi connectivity index (χ2v) is 9.37.